The van der Waals surface area contributed by atoms with Gasteiger partial charge in [0, 0.05) is 30.0 Å². The zero-order valence-corrected chi connectivity index (χ0v) is 17.5. The van der Waals surface area contributed by atoms with Crippen LogP contribution in [0, 0.1) is 6.92 Å². The monoisotopic (exact) mass is 414 g/mol. The number of anilines is 1. The molecule has 160 valence electrons. The van der Waals surface area contributed by atoms with Crippen molar-refractivity contribution in [3.63, 3.8) is 0 Å². The smallest absolute Gasteiger partial charge is 0.255 e. The lowest BCUT2D eigenvalue weighted by molar-refractivity contribution is 0.0685. The van der Waals surface area contributed by atoms with Crippen LogP contribution in [0.1, 0.15) is 26.3 Å². The van der Waals surface area contributed by atoms with Crippen molar-refractivity contribution in [2.75, 3.05) is 39.9 Å². The van der Waals surface area contributed by atoms with Crippen LogP contribution in [0.2, 0.25) is 0 Å². The van der Waals surface area contributed by atoms with E-state index in [9.17, 15) is 9.59 Å². The number of hydrogen-bond acceptors (Lipinski definition) is 6. The molecule has 2 N–H and O–H groups in total. The van der Waals surface area contributed by atoms with E-state index in [1.165, 1.54) is 14.2 Å². The van der Waals surface area contributed by atoms with Gasteiger partial charge in [-0.15, -0.1) is 0 Å². The molecule has 0 spiro atoms. The molecule has 1 aliphatic rings. The maximum absolute atomic E-state index is 12.8. The van der Waals surface area contributed by atoms with Crippen molar-refractivity contribution in [3.05, 3.63) is 53.1 Å². The van der Waals surface area contributed by atoms with Crippen LogP contribution in [0.25, 0.3) is 0 Å². The zero-order valence-electron chi connectivity index (χ0n) is 17.5. The molecule has 1 saturated heterocycles. The molecule has 2 aromatic carbocycles. The molecule has 30 heavy (non-hydrogen) atoms. The average molecular weight is 414 g/mol. The Morgan fingerprint density at radius 2 is 1.63 bits per heavy atom. The Hall–Kier alpha value is -3.10. The number of carbonyl (C=O) groups excluding carboxylic acids is 2. The van der Waals surface area contributed by atoms with Crippen LogP contribution in [-0.2, 0) is 9.47 Å². The highest BCUT2D eigenvalue weighted by Gasteiger charge is 2.29. The van der Waals surface area contributed by atoms with Gasteiger partial charge in [0.15, 0.2) is 0 Å². The van der Waals surface area contributed by atoms with Crippen molar-refractivity contribution < 1.29 is 28.5 Å². The van der Waals surface area contributed by atoms with Crippen molar-refractivity contribution in [2.45, 2.75) is 19.1 Å². The molecule has 8 nitrogen and oxygen atoms in total. The van der Waals surface area contributed by atoms with Gasteiger partial charge in [-0.25, -0.2) is 0 Å². The molecular formula is C22H26N2O6. The Kier molecular flexibility index (Phi) is 6.91. The van der Waals surface area contributed by atoms with Crippen LogP contribution in [-0.4, -0.2) is 58.5 Å². The summed E-state index contributed by atoms with van der Waals surface area (Å²) in [7, 11) is 4.63. The van der Waals surface area contributed by atoms with Gasteiger partial charge >= 0.3 is 0 Å². The molecule has 2 amide bonds. The summed E-state index contributed by atoms with van der Waals surface area (Å²) in [6, 6.07) is 9.86. The number of nitrogens with one attached hydrogen (secondary N) is 2. The minimum absolute atomic E-state index is 0.179. The van der Waals surface area contributed by atoms with Crippen molar-refractivity contribution in [1.29, 1.82) is 0 Å². The summed E-state index contributed by atoms with van der Waals surface area (Å²) in [4.78, 5) is 25.5. The molecule has 0 aromatic heterocycles. The Morgan fingerprint density at radius 3 is 2.27 bits per heavy atom. The second kappa shape index (κ2) is 9.60. The van der Waals surface area contributed by atoms with E-state index < -0.39 is 0 Å². The molecule has 8 heteroatoms. The number of aryl methyl sites for hydroxylation is 1. The first-order valence-corrected chi connectivity index (χ1v) is 9.51. The Bertz CT molecular complexity index is 908. The Labute approximate surface area is 175 Å². The van der Waals surface area contributed by atoms with E-state index in [0.29, 0.717) is 41.5 Å². The van der Waals surface area contributed by atoms with E-state index >= 15 is 0 Å². The van der Waals surface area contributed by atoms with Gasteiger partial charge in [0.25, 0.3) is 11.8 Å². The summed E-state index contributed by atoms with van der Waals surface area (Å²) in [6.45, 7) is 2.70. The molecule has 3 rings (SSSR count). The molecule has 1 aliphatic heterocycles. The minimum atomic E-state index is -0.337. The number of benzene rings is 2. The van der Waals surface area contributed by atoms with Crippen LogP contribution in [0.15, 0.2) is 36.4 Å². The van der Waals surface area contributed by atoms with Gasteiger partial charge in [-0.05, 0) is 36.8 Å². The van der Waals surface area contributed by atoms with Crippen LogP contribution in [0.5, 0.6) is 11.5 Å². The van der Waals surface area contributed by atoms with Crippen LogP contribution >= 0.6 is 0 Å². The number of amides is 2. The molecule has 0 radical (unpaired) electrons. The molecule has 0 unspecified atom stereocenters. The number of carbonyl (C=O) groups is 2. The first kappa shape index (κ1) is 21.6. The highest BCUT2D eigenvalue weighted by atomic mass is 16.5. The quantitative estimate of drug-likeness (QED) is 0.723. The third kappa shape index (κ3) is 4.90. The predicted octanol–water partition coefficient (Wildman–Crippen LogP) is 2.41. The SMILES string of the molecule is COc1cc(OC)cc(C(=O)Nc2cc(C(=O)N[C@H]3COC[C@H]3OC)ccc2C)c1. The molecule has 2 aromatic rings. The van der Waals surface area contributed by atoms with E-state index in [-0.39, 0.29) is 24.0 Å². The Morgan fingerprint density at radius 1 is 0.933 bits per heavy atom. The van der Waals surface area contributed by atoms with Gasteiger partial charge in [-0.2, -0.15) is 0 Å². The van der Waals surface area contributed by atoms with E-state index in [4.69, 9.17) is 18.9 Å². The van der Waals surface area contributed by atoms with Gasteiger partial charge in [0.2, 0.25) is 0 Å². The Balaban J connectivity index is 1.77. The lowest BCUT2D eigenvalue weighted by atomic mass is 10.1. The molecule has 2 atom stereocenters. The lowest BCUT2D eigenvalue weighted by Gasteiger charge is -2.18. The molecule has 0 bridgehead atoms. The minimum Gasteiger partial charge on any atom is -0.497 e. The summed E-state index contributed by atoms with van der Waals surface area (Å²) < 4.78 is 21.1. The highest BCUT2D eigenvalue weighted by Crippen LogP contribution is 2.24. The maximum atomic E-state index is 12.8. The van der Waals surface area contributed by atoms with E-state index in [2.05, 4.69) is 10.6 Å². The first-order valence-electron chi connectivity index (χ1n) is 9.51. The van der Waals surface area contributed by atoms with Gasteiger partial charge in [0.1, 0.15) is 17.6 Å². The summed E-state index contributed by atoms with van der Waals surface area (Å²) in [5, 5.41) is 5.78. The molecule has 0 aliphatic carbocycles. The van der Waals surface area contributed by atoms with Gasteiger partial charge < -0.3 is 29.6 Å². The van der Waals surface area contributed by atoms with Crippen molar-refractivity contribution in [3.8, 4) is 11.5 Å². The van der Waals surface area contributed by atoms with Gasteiger partial charge in [-0.3, -0.25) is 9.59 Å². The normalized spacial score (nSPS) is 18.0. The average Bonchev–Trinajstić information content (AvgIpc) is 3.21. The van der Waals surface area contributed by atoms with Crippen LogP contribution < -0.4 is 20.1 Å². The van der Waals surface area contributed by atoms with Gasteiger partial charge in [-0.1, -0.05) is 6.07 Å². The first-order chi connectivity index (χ1) is 14.4. The van der Waals surface area contributed by atoms with E-state index in [1.807, 2.05) is 6.92 Å². The number of rotatable bonds is 7. The second-order valence-corrected chi connectivity index (χ2v) is 6.98. The second-order valence-electron chi connectivity index (χ2n) is 6.98. The maximum Gasteiger partial charge on any atom is 0.255 e. The van der Waals surface area contributed by atoms with Crippen molar-refractivity contribution >= 4 is 17.5 Å². The highest BCUT2D eigenvalue weighted by molar-refractivity contribution is 6.06. The third-order valence-electron chi connectivity index (χ3n) is 5.01. The summed E-state index contributed by atoms with van der Waals surface area (Å²) in [6.07, 6.45) is -0.179. The van der Waals surface area contributed by atoms with Gasteiger partial charge in [0.05, 0.1) is 33.5 Å². The molecular weight excluding hydrogens is 388 g/mol. The van der Waals surface area contributed by atoms with Crippen LogP contribution in [0.4, 0.5) is 5.69 Å². The van der Waals surface area contributed by atoms with Crippen molar-refractivity contribution in [2.24, 2.45) is 0 Å². The molecule has 0 saturated carbocycles. The number of methoxy groups -OCH3 is 3. The van der Waals surface area contributed by atoms with E-state index in [0.717, 1.165) is 5.56 Å². The largest absolute Gasteiger partial charge is 0.497 e. The number of ether oxygens (including phenoxy) is 4. The summed E-state index contributed by atoms with van der Waals surface area (Å²) in [5.41, 5.74) is 2.18. The topological polar surface area (TPSA) is 95.1 Å². The van der Waals surface area contributed by atoms with E-state index in [1.54, 1.807) is 43.5 Å². The zero-order chi connectivity index (χ0) is 21.7. The van der Waals surface area contributed by atoms with Crippen LogP contribution in [0.3, 0.4) is 0 Å². The fourth-order valence-electron chi connectivity index (χ4n) is 3.18. The molecule has 1 fully saturated rings. The predicted molar refractivity (Wildman–Crippen MR) is 112 cm³/mol. The fraction of sp³-hybridized carbons (Fsp3) is 0.364. The number of hydrogen-bond donors (Lipinski definition) is 2. The standard InChI is InChI=1S/C22H26N2O6/c1-13-5-6-14(21(25)24-19-11-30-12-20(19)29-4)9-18(13)23-22(26)15-7-16(27-2)10-17(8-15)28-3/h5-10,19-20H,11-12H2,1-4H3,(H,23,26)(H,24,25)/t19-,20+/m0/s1. The lowest BCUT2D eigenvalue weighted by Crippen LogP contribution is -2.43. The third-order valence-corrected chi connectivity index (χ3v) is 5.01. The summed E-state index contributed by atoms with van der Waals surface area (Å²) in [5.74, 6) is 0.425. The molecule has 1 heterocycles. The van der Waals surface area contributed by atoms with Crippen molar-refractivity contribution in [1.82, 2.24) is 5.32 Å². The summed E-state index contributed by atoms with van der Waals surface area (Å²) >= 11 is 0. The fourth-order valence-corrected chi connectivity index (χ4v) is 3.18.